The standard InChI is InChI=1S/C26H22N4O3S/c1-33-19-9-4-6-16(12-19)14-28-25(32)17-7-5-8-18(13-17)30-15-21(31)23(24(30)27)26-29-20-10-2-3-11-22(20)34-26/h2-13,27,31H,14-15H2,1H3,(H,28,32). The van der Waals surface area contributed by atoms with Crippen molar-refractivity contribution in [2.45, 2.75) is 6.54 Å². The number of aliphatic hydroxyl groups is 1. The largest absolute Gasteiger partial charge is 0.510 e. The zero-order valence-electron chi connectivity index (χ0n) is 18.4. The molecule has 4 aromatic rings. The number of rotatable bonds is 6. The zero-order chi connectivity index (χ0) is 23.7. The van der Waals surface area contributed by atoms with E-state index < -0.39 is 0 Å². The van der Waals surface area contributed by atoms with E-state index in [1.165, 1.54) is 11.3 Å². The molecule has 170 valence electrons. The first-order valence-electron chi connectivity index (χ1n) is 10.7. The number of hydrogen-bond donors (Lipinski definition) is 3. The number of hydrogen-bond acceptors (Lipinski definition) is 6. The van der Waals surface area contributed by atoms with Gasteiger partial charge in [0.25, 0.3) is 5.91 Å². The van der Waals surface area contributed by atoms with Gasteiger partial charge in [-0.1, -0.05) is 30.3 Å². The smallest absolute Gasteiger partial charge is 0.251 e. The molecule has 3 aromatic carbocycles. The number of thiazole rings is 1. The van der Waals surface area contributed by atoms with Crippen molar-refractivity contribution in [1.82, 2.24) is 10.3 Å². The fourth-order valence-corrected chi connectivity index (χ4v) is 4.92. The number of amidine groups is 1. The van der Waals surface area contributed by atoms with Gasteiger partial charge >= 0.3 is 0 Å². The van der Waals surface area contributed by atoms with Crippen LogP contribution in [-0.2, 0) is 6.54 Å². The zero-order valence-corrected chi connectivity index (χ0v) is 19.2. The third-order valence-electron chi connectivity index (χ3n) is 5.62. The number of carbonyl (C=O) groups is 1. The van der Waals surface area contributed by atoms with E-state index in [0.29, 0.717) is 28.4 Å². The monoisotopic (exact) mass is 470 g/mol. The highest BCUT2D eigenvalue weighted by Gasteiger charge is 2.31. The Hall–Kier alpha value is -4.17. The lowest BCUT2D eigenvalue weighted by Crippen LogP contribution is -2.27. The maximum atomic E-state index is 12.8. The molecular formula is C26H22N4O3S. The van der Waals surface area contributed by atoms with Crippen molar-refractivity contribution in [1.29, 1.82) is 5.41 Å². The Labute approximate surface area is 200 Å². The number of nitrogens with one attached hydrogen (secondary N) is 2. The highest BCUT2D eigenvalue weighted by molar-refractivity contribution is 7.19. The highest BCUT2D eigenvalue weighted by atomic mass is 32.1. The quantitative estimate of drug-likeness (QED) is 0.368. The van der Waals surface area contributed by atoms with Gasteiger partial charge in [-0.2, -0.15) is 0 Å². The molecule has 1 aromatic heterocycles. The third kappa shape index (κ3) is 4.11. The van der Waals surface area contributed by atoms with Gasteiger partial charge in [-0.25, -0.2) is 4.98 Å². The molecule has 0 atom stereocenters. The molecule has 3 N–H and O–H groups in total. The van der Waals surface area contributed by atoms with Crippen LogP contribution in [0.25, 0.3) is 15.8 Å². The SMILES string of the molecule is COc1cccc(CNC(=O)c2cccc(N3CC(O)=C(c4nc5ccccc5s4)C3=N)c2)c1. The number of amides is 1. The Morgan fingerprint density at radius 1 is 1.15 bits per heavy atom. The predicted molar refractivity (Wildman–Crippen MR) is 135 cm³/mol. The van der Waals surface area contributed by atoms with Gasteiger partial charge in [0.2, 0.25) is 0 Å². The summed E-state index contributed by atoms with van der Waals surface area (Å²) in [5.41, 5.74) is 3.32. The molecule has 0 spiro atoms. The number of fused-ring (bicyclic) bond motifs is 1. The lowest BCUT2D eigenvalue weighted by Gasteiger charge is -2.19. The Balaban J connectivity index is 1.33. The van der Waals surface area contributed by atoms with Crippen LogP contribution < -0.4 is 15.0 Å². The predicted octanol–water partition coefficient (Wildman–Crippen LogP) is 5.00. The second-order valence-electron chi connectivity index (χ2n) is 7.83. The van der Waals surface area contributed by atoms with Gasteiger partial charge in [-0.05, 0) is 48.0 Å². The van der Waals surface area contributed by atoms with E-state index in [0.717, 1.165) is 21.5 Å². The van der Waals surface area contributed by atoms with Crippen molar-refractivity contribution in [3.63, 3.8) is 0 Å². The van der Waals surface area contributed by atoms with Gasteiger partial charge in [0.05, 0.1) is 29.4 Å². The molecule has 0 unspecified atom stereocenters. The van der Waals surface area contributed by atoms with E-state index in [1.54, 1.807) is 30.2 Å². The third-order valence-corrected chi connectivity index (χ3v) is 6.67. The Morgan fingerprint density at radius 2 is 1.97 bits per heavy atom. The van der Waals surface area contributed by atoms with Gasteiger partial charge in [-0.3, -0.25) is 10.2 Å². The van der Waals surface area contributed by atoms with Gasteiger partial charge < -0.3 is 20.1 Å². The first-order chi connectivity index (χ1) is 16.5. The maximum Gasteiger partial charge on any atom is 0.251 e. The number of para-hydroxylation sites is 1. The summed E-state index contributed by atoms with van der Waals surface area (Å²) < 4.78 is 6.23. The topological polar surface area (TPSA) is 98.5 Å². The van der Waals surface area contributed by atoms with Crippen LogP contribution in [0.15, 0.2) is 78.6 Å². The summed E-state index contributed by atoms with van der Waals surface area (Å²) in [7, 11) is 1.61. The molecule has 0 aliphatic carbocycles. The molecule has 34 heavy (non-hydrogen) atoms. The molecular weight excluding hydrogens is 448 g/mol. The maximum absolute atomic E-state index is 12.8. The summed E-state index contributed by atoms with van der Waals surface area (Å²) in [6, 6.07) is 22.3. The summed E-state index contributed by atoms with van der Waals surface area (Å²) in [4.78, 5) is 19.1. The van der Waals surface area contributed by atoms with Crippen LogP contribution in [0.3, 0.4) is 0 Å². The first-order valence-corrected chi connectivity index (χ1v) is 11.5. The minimum atomic E-state index is -0.223. The molecule has 1 aliphatic heterocycles. The van der Waals surface area contributed by atoms with Crippen molar-refractivity contribution in [3.05, 3.63) is 94.7 Å². The molecule has 1 aliphatic rings. The fourth-order valence-electron chi connectivity index (χ4n) is 3.89. The Kier molecular flexibility index (Phi) is 5.73. The summed E-state index contributed by atoms with van der Waals surface area (Å²) in [5, 5.41) is 22.9. The normalized spacial score (nSPS) is 13.6. The number of benzene rings is 3. The lowest BCUT2D eigenvalue weighted by molar-refractivity contribution is 0.0951. The summed E-state index contributed by atoms with van der Waals surface area (Å²) in [6.45, 7) is 0.517. The van der Waals surface area contributed by atoms with E-state index in [1.807, 2.05) is 54.6 Å². The number of aromatic nitrogens is 1. The van der Waals surface area contributed by atoms with Crippen LogP contribution in [0.1, 0.15) is 20.9 Å². The van der Waals surface area contributed by atoms with Crippen LogP contribution in [0.2, 0.25) is 0 Å². The fraction of sp³-hybridized carbons (Fsp3) is 0.115. The van der Waals surface area contributed by atoms with Crippen molar-refractivity contribution in [3.8, 4) is 5.75 Å². The summed E-state index contributed by atoms with van der Waals surface area (Å²) in [6.07, 6.45) is 0. The average molecular weight is 471 g/mol. The van der Waals surface area contributed by atoms with Crippen molar-refractivity contribution in [2.75, 3.05) is 18.6 Å². The number of carbonyl (C=O) groups excluding carboxylic acids is 1. The molecule has 0 saturated heterocycles. The molecule has 5 rings (SSSR count). The molecule has 8 heteroatoms. The van der Waals surface area contributed by atoms with Gasteiger partial charge in [0.15, 0.2) is 0 Å². The van der Waals surface area contributed by atoms with E-state index >= 15 is 0 Å². The van der Waals surface area contributed by atoms with Gasteiger partial charge in [0.1, 0.15) is 22.4 Å². The van der Waals surface area contributed by atoms with E-state index in [4.69, 9.17) is 10.1 Å². The number of nitrogens with zero attached hydrogens (tertiary/aromatic N) is 2. The molecule has 0 saturated carbocycles. The number of ether oxygens (including phenoxy) is 1. The molecule has 0 fully saturated rings. The Bertz CT molecular complexity index is 1410. The van der Waals surface area contributed by atoms with Crippen LogP contribution in [0.4, 0.5) is 5.69 Å². The second-order valence-corrected chi connectivity index (χ2v) is 8.86. The van der Waals surface area contributed by atoms with Gasteiger partial charge in [0, 0.05) is 17.8 Å². The molecule has 7 nitrogen and oxygen atoms in total. The van der Waals surface area contributed by atoms with Crippen LogP contribution in [0.5, 0.6) is 5.75 Å². The number of anilines is 1. The summed E-state index contributed by atoms with van der Waals surface area (Å²) >= 11 is 1.44. The Morgan fingerprint density at radius 3 is 2.79 bits per heavy atom. The molecule has 0 bridgehead atoms. The first kappa shape index (κ1) is 21.7. The van der Waals surface area contributed by atoms with E-state index in [-0.39, 0.29) is 24.0 Å². The van der Waals surface area contributed by atoms with Crippen LogP contribution in [0, 0.1) is 5.41 Å². The van der Waals surface area contributed by atoms with E-state index in [2.05, 4.69) is 10.3 Å². The van der Waals surface area contributed by atoms with E-state index in [9.17, 15) is 9.90 Å². The van der Waals surface area contributed by atoms with Crippen LogP contribution >= 0.6 is 11.3 Å². The summed E-state index contributed by atoms with van der Waals surface area (Å²) in [5.74, 6) is 0.763. The minimum absolute atomic E-state index is 0.0944. The van der Waals surface area contributed by atoms with Gasteiger partial charge in [-0.15, -0.1) is 11.3 Å². The van der Waals surface area contributed by atoms with Crippen molar-refractivity contribution in [2.24, 2.45) is 0 Å². The number of aliphatic hydroxyl groups excluding tert-OH is 1. The molecule has 0 radical (unpaired) electrons. The highest BCUT2D eigenvalue weighted by Crippen LogP contribution is 2.35. The lowest BCUT2D eigenvalue weighted by atomic mass is 10.1. The molecule has 1 amide bonds. The van der Waals surface area contributed by atoms with Crippen LogP contribution in [-0.4, -0.2) is 35.5 Å². The van der Waals surface area contributed by atoms with Crippen molar-refractivity contribution >= 4 is 44.6 Å². The second kappa shape index (κ2) is 8.99. The molecule has 2 heterocycles. The minimum Gasteiger partial charge on any atom is -0.510 e. The van der Waals surface area contributed by atoms with Crippen molar-refractivity contribution < 1.29 is 14.6 Å². The average Bonchev–Trinajstić information content (AvgIpc) is 3.42. The number of methoxy groups -OCH3 is 1.